The van der Waals surface area contributed by atoms with Crippen molar-refractivity contribution in [3.8, 4) is 17.2 Å². The van der Waals surface area contributed by atoms with E-state index in [0.29, 0.717) is 71.1 Å². The van der Waals surface area contributed by atoms with Gasteiger partial charge in [-0.2, -0.15) is 10.2 Å². The Hall–Kier alpha value is -6.59. The molecule has 3 fully saturated rings. The van der Waals surface area contributed by atoms with Crippen molar-refractivity contribution in [2.45, 2.75) is 103 Å². The first-order valence-electron chi connectivity index (χ1n) is 22.6. The number of amides is 2. The Morgan fingerprint density at radius 2 is 1.65 bits per heavy atom. The van der Waals surface area contributed by atoms with Crippen molar-refractivity contribution in [3.63, 3.8) is 0 Å². The van der Waals surface area contributed by atoms with Crippen LogP contribution in [0.4, 0.5) is 13.6 Å². The molecule has 0 radical (unpaired) electrons. The predicted molar refractivity (Wildman–Crippen MR) is 242 cm³/mol. The summed E-state index contributed by atoms with van der Waals surface area (Å²) in [6.45, 7) is 14.5. The summed E-state index contributed by atoms with van der Waals surface area (Å²) in [4.78, 5) is 50.2. The predicted octanol–water partition coefficient (Wildman–Crippen LogP) is 7.68. The van der Waals surface area contributed by atoms with Crippen molar-refractivity contribution >= 4 is 33.8 Å². The van der Waals surface area contributed by atoms with E-state index in [-0.39, 0.29) is 40.2 Å². The summed E-state index contributed by atoms with van der Waals surface area (Å²) in [5.74, 6) is -0.524. The molecule has 4 aliphatic rings. The lowest BCUT2D eigenvalue weighted by Gasteiger charge is -2.38. The summed E-state index contributed by atoms with van der Waals surface area (Å²) in [7, 11) is 1.72. The smallest absolute Gasteiger partial charge is 0.376 e. The van der Waals surface area contributed by atoms with Crippen molar-refractivity contribution < 1.29 is 27.9 Å². The van der Waals surface area contributed by atoms with Gasteiger partial charge < -0.3 is 19.0 Å². The minimum absolute atomic E-state index is 0.0348. The molecule has 2 saturated heterocycles. The van der Waals surface area contributed by atoms with E-state index in [0.717, 1.165) is 23.7 Å². The van der Waals surface area contributed by atoms with Crippen LogP contribution in [0, 0.1) is 31.4 Å². The number of ether oxygens (including phenoxy) is 1. The molecule has 2 amide bonds. The molecule has 3 aliphatic heterocycles. The van der Waals surface area contributed by atoms with Gasteiger partial charge in [0.25, 0.3) is 5.91 Å². The molecule has 5 atom stereocenters. The van der Waals surface area contributed by atoms with E-state index in [9.17, 15) is 9.59 Å². The highest BCUT2D eigenvalue weighted by Gasteiger charge is 2.68. The zero-order chi connectivity index (χ0) is 46.4. The van der Waals surface area contributed by atoms with Crippen LogP contribution in [0.25, 0.3) is 39.0 Å². The Morgan fingerprint density at radius 1 is 0.924 bits per heavy atom. The molecular weight excluding hydrogens is 847 g/mol. The fraction of sp³-hybridized carbons (Fsp3) is 0.408. The molecule has 0 spiro atoms. The van der Waals surface area contributed by atoms with Crippen LogP contribution < -0.4 is 16.5 Å². The Bertz CT molecular complexity index is 3240. The molecule has 3 aromatic carbocycles. The number of imidazole rings is 1. The number of halogens is 2. The fourth-order valence-corrected chi connectivity index (χ4v) is 11.5. The minimum atomic E-state index is -1.05. The second-order valence-corrected chi connectivity index (χ2v) is 19.6. The number of aromatic nitrogens is 7. The molecule has 1 unspecified atom stereocenters. The largest absolute Gasteiger partial charge is 0.427 e. The van der Waals surface area contributed by atoms with Gasteiger partial charge in [-0.3, -0.25) is 23.9 Å². The van der Waals surface area contributed by atoms with Crippen molar-refractivity contribution in [2.24, 2.45) is 13.0 Å². The molecule has 4 aromatic heterocycles. The van der Waals surface area contributed by atoms with Crippen molar-refractivity contribution in [1.29, 1.82) is 0 Å². The second kappa shape index (κ2) is 14.5. The van der Waals surface area contributed by atoms with Gasteiger partial charge in [-0.05, 0) is 132 Å². The van der Waals surface area contributed by atoms with Gasteiger partial charge in [0.1, 0.15) is 23.0 Å². The number of hydroxylamine groups is 1. The van der Waals surface area contributed by atoms with Gasteiger partial charge >= 0.3 is 11.8 Å². The lowest BCUT2D eigenvalue weighted by molar-refractivity contribution is -0.0592. The number of rotatable bonds is 7. The van der Waals surface area contributed by atoms with Crippen LogP contribution in [-0.4, -0.2) is 74.6 Å². The number of fused-ring (bicyclic) bond motifs is 3. The van der Waals surface area contributed by atoms with Crippen molar-refractivity contribution in [2.75, 3.05) is 13.2 Å². The van der Waals surface area contributed by atoms with E-state index >= 15 is 13.6 Å². The first-order valence-corrected chi connectivity index (χ1v) is 22.6. The minimum Gasteiger partial charge on any atom is -0.376 e. The van der Waals surface area contributed by atoms with Crippen LogP contribution in [0.3, 0.4) is 0 Å². The highest BCUT2D eigenvalue weighted by atomic mass is 19.1. The molecule has 17 heteroatoms. The number of hydrogen-bond acceptors (Lipinski definition) is 8. The molecule has 7 aromatic rings. The average Bonchev–Trinajstić information content (AvgIpc) is 3.85. The summed E-state index contributed by atoms with van der Waals surface area (Å²) < 4.78 is 45.3. The Labute approximate surface area is 378 Å². The second-order valence-electron chi connectivity index (χ2n) is 19.6. The van der Waals surface area contributed by atoms with Gasteiger partial charge in [0.15, 0.2) is 5.82 Å². The molecule has 0 bridgehead atoms. The first kappa shape index (κ1) is 42.1. The fourth-order valence-electron chi connectivity index (χ4n) is 11.5. The SMILES string of the molecule is Cc1cc(-n2nc3c(c2-n2ccn(-c4ccc5c(cnn5C)c4F)c2=O)[C@H](C)N(C(=O)c2cc4cc([C@H]5CCOC(C)(C)C5)ccc4n2[C@@]2(C4(C)NOC(=O)N4)C[C@@H]2C)CC3)cc(C)c1F. The molecule has 7 heterocycles. The van der Waals surface area contributed by atoms with Crippen LogP contribution in [-0.2, 0) is 28.6 Å². The number of aryl methyl sites for hydroxylation is 3. The monoisotopic (exact) mass is 898 g/mol. The van der Waals surface area contributed by atoms with Crippen molar-refractivity contribution in [1.82, 2.24) is 49.0 Å². The average molecular weight is 899 g/mol. The Morgan fingerprint density at radius 3 is 2.35 bits per heavy atom. The number of benzene rings is 3. The number of carbonyl (C=O) groups is 2. The van der Waals surface area contributed by atoms with Crippen LogP contribution in [0.2, 0.25) is 0 Å². The summed E-state index contributed by atoms with van der Waals surface area (Å²) in [6, 6.07) is 14.4. The molecule has 11 rings (SSSR count). The normalized spacial score (nSPS) is 24.8. The lowest BCUT2D eigenvalue weighted by atomic mass is 9.83. The topological polar surface area (TPSA) is 147 Å². The number of nitrogens with zero attached hydrogens (tertiary/aromatic N) is 8. The number of nitrogens with one attached hydrogen (secondary N) is 2. The van der Waals surface area contributed by atoms with Gasteiger partial charge in [0, 0.05) is 55.5 Å². The van der Waals surface area contributed by atoms with E-state index in [4.69, 9.17) is 14.7 Å². The van der Waals surface area contributed by atoms with Gasteiger partial charge in [-0.15, -0.1) is 5.48 Å². The van der Waals surface area contributed by atoms with E-state index in [2.05, 4.69) is 59.4 Å². The third kappa shape index (κ3) is 6.08. The standard InChI is InChI=1S/C49H52F2N10O5/c1-26-19-33(20-27(2)41(26)50)61-43(59-17-16-58(46(59)64)38-12-11-37-34(42(38)51)25-52-56(37)8)40-29(4)57(15-13-35(40)54-61)44(62)39-22-32-21-30(31-14-18-65-47(5,6)24-31)9-10-36(32)60(39)49(23-28(49)3)48(7)53-45(63)66-55-48/h9-12,16-17,19-22,25,28-29,31,55H,13-15,18,23-24H2,1-8H3,(H,53,63)/t28-,29-,31-,48?,49-/m0/s1. The maximum Gasteiger partial charge on any atom is 0.427 e. The quantitative estimate of drug-likeness (QED) is 0.166. The third-order valence-corrected chi connectivity index (χ3v) is 14.9. The van der Waals surface area contributed by atoms with Crippen molar-refractivity contribution in [3.05, 3.63) is 123 Å². The van der Waals surface area contributed by atoms with Crippen LogP contribution >= 0.6 is 0 Å². The van der Waals surface area contributed by atoms with Gasteiger partial charge in [0.2, 0.25) is 0 Å². The Balaban J connectivity index is 1.06. The van der Waals surface area contributed by atoms with E-state index in [1.54, 1.807) is 60.7 Å². The van der Waals surface area contributed by atoms with Gasteiger partial charge in [-0.1, -0.05) is 13.0 Å². The van der Waals surface area contributed by atoms with Crippen LogP contribution in [0.15, 0.2) is 71.9 Å². The van der Waals surface area contributed by atoms with Crippen LogP contribution in [0.5, 0.6) is 0 Å². The summed E-state index contributed by atoms with van der Waals surface area (Å²) in [6.07, 6.45) is 6.66. The molecule has 1 saturated carbocycles. The number of hydrogen-bond donors (Lipinski definition) is 2. The van der Waals surface area contributed by atoms with E-state index < -0.39 is 34.8 Å². The molecule has 66 heavy (non-hydrogen) atoms. The van der Waals surface area contributed by atoms with Gasteiger partial charge in [-0.25, -0.2) is 23.1 Å². The highest BCUT2D eigenvalue weighted by Crippen LogP contribution is 2.59. The van der Waals surface area contributed by atoms with E-state index in [1.807, 2.05) is 24.8 Å². The highest BCUT2D eigenvalue weighted by molar-refractivity contribution is 6.00. The maximum atomic E-state index is 16.2. The lowest BCUT2D eigenvalue weighted by Crippen LogP contribution is -2.60. The number of carbonyl (C=O) groups excluding carboxylic acids is 2. The summed E-state index contributed by atoms with van der Waals surface area (Å²) in [5, 5.41) is 13.5. The zero-order valence-corrected chi connectivity index (χ0v) is 38.2. The molecule has 1 aliphatic carbocycles. The third-order valence-electron chi connectivity index (χ3n) is 14.9. The molecule has 342 valence electrons. The Kier molecular flexibility index (Phi) is 9.21. The zero-order valence-electron chi connectivity index (χ0n) is 38.2. The molecule has 2 N–H and O–H groups in total. The first-order chi connectivity index (χ1) is 31.4. The van der Waals surface area contributed by atoms with Gasteiger partial charge in [0.05, 0.1) is 51.4 Å². The summed E-state index contributed by atoms with van der Waals surface area (Å²) >= 11 is 0. The summed E-state index contributed by atoms with van der Waals surface area (Å²) in [5.41, 5.74) is 6.04. The molecular formula is C49H52F2N10O5. The van der Waals surface area contributed by atoms with E-state index in [1.165, 1.54) is 27.1 Å². The maximum absolute atomic E-state index is 16.2. The molecule has 15 nitrogen and oxygen atoms in total. The van der Waals surface area contributed by atoms with Crippen LogP contribution in [0.1, 0.15) is 104 Å².